The van der Waals surface area contributed by atoms with Gasteiger partial charge in [-0.05, 0) is 25.1 Å². The van der Waals surface area contributed by atoms with Gasteiger partial charge < -0.3 is 9.64 Å². The van der Waals surface area contributed by atoms with Crippen LogP contribution in [0.1, 0.15) is 22.8 Å². The van der Waals surface area contributed by atoms with Crippen LogP contribution in [-0.4, -0.2) is 42.2 Å². The number of esters is 1. The molecule has 0 aliphatic carbocycles. The number of rotatable bonds is 2. The lowest BCUT2D eigenvalue weighted by Crippen LogP contribution is -2.54. The molecule has 2 unspecified atom stereocenters. The van der Waals surface area contributed by atoms with Crippen LogP contribution in [0.25, 0.3) is 0 Å². The molecule has 0 bridgehead atoms. The summed E-state index contributed by atoms with van der Waals surface area (Å²) in [5.74, 6) is -4.30. The fourth-order valence-electron chi connectivity index (χ4n) is 3.41. The maximum atomic E-state index is 12.7. The van der Waals surface area contributed by atoms with Gasteiger partial charge in [0.25, 0.3) is 11.8 Å². The van der Waals surface area contributed by atoms with E-state index in [1.165, 1.54) is 23.1 Å². The number of imide groups is 1. The van der Waals surface area contributed by atoms with E-state index in [1.54, 1.807) is 6.92 Å². The van der Waals surface area contributed by atoms with Crippen LogP contribution in [0.15, 0.2) is 18.2 Å². The van der Waals surface area contributed by atoms with Crippen LogP contribution in [0.2, 0.25) is 5.02 Å². The Bertz CT molecular complexity index is 762. The molecule has 7 nitrogen and oxygen atoms in total. The van der Waals surface area contributed by atoms with Crippen molar-refractivity contribution in [3.63, 3.8) is 0 Å². The van der Waals surface area contributed by atoms with Crippen LogP contribution < -0.4 is 5.32 Å². The van der Waals surface area contributed by atoms with Crippen molar-refractivity contribution < 1.29 is 23.9 Å². The normalized spacial score (nSPS) is 25.8. The van der Waals surface area contributed by atoms with Gasteiger partial charge in [-0.1, -0.05) is 11.6 Å². The van der Waals surface area contributed by atoms with Crippen molar-refractivity contribution in [1.82, 2.24) is 10.2 Å². The van der Waals surface area contributed by atoms with Crippen LogP contribution in [-0.2, 0) is 24.7 Å². The maximum absolute atomic E-state index is 12.7. The molecular formula is C15H13ClN2O5. The fourth-order valence-corrected chi connectivity index (χ4v) is 3.59. The van der Waals surface area contributed by atoms with Crippen molar-refractivity contribution >= 4 is 35.3 Å². The van der Waals surface area contributed by atoms with E-state index < -0.39 is 35.1 Å². The number of hydrogen-bond acceptors (Lipinski definition) is 5. The number of carbonyl (C=O) groups is 4. The minimum Gasteiger partial charge on any atom is -0.468 e. The highest BCUT2D eigenvalue weighted by Crippen LogP contribution is 2.48. The number of fused-ring (bicyclic) bond motifs is 2. The van der Waals surface area contributed by atoms with Crippen molar-refractivity contribution in [3.05, 3.63) is 34.3 Å². The average molecular weight is 337 g/mol. The summed E-state index contributed by atoms with van der Waals surface area (Å²) in [6, 6.07) is 4.45. The lowest BCUT2D eigenvalue weighted by molar-refractivity contribution is -0.154. The summed E-state index contributed by atoms with van der Waals surface area (Å²) in [6.45, 7) is 1.80. The van der Waals surface area contributed by atoms with Crippen LogP contribution in [0.3, 0.4) is 0 Å². The molecule has 2 atom stereocenters. The van der Waals surface area contributed by atoms with Gasteiger partial charge in [0.15, 0.2) is 11.5 Å². The molecule has 3 rings (SSSR count). The average Bonchev–Trinajstić information content (AvgIpc) is 2.91. The van der Waals surface area contributed by atoms with Crippen LogP contribution in [0, 0.1) is 5.92 Å². The third-order valence-corrected chi connectivity index (χ3v) is 4.54. The Kier molecular flexibility index (Phi) is 3.40. The Hall–Kier alpha value is -2.41. The second kappa shape index (κ2) is 5.06. The molecule has 2 heterocycles. The third-order valence-electron chi connectivity index (χ3n) is 4.31. The molecule has 1 aromatic carbocycles. The van der Waals surface area contributed by atoms with E-state index in [2.05, 4.69) is 5.32 Å². The number of nitrogens with one attached hydrogen (secondary N) is 1. The molecule has 1 aromatic rings. The van der Waals surface area contributed by atoms with E-state index >= 15 is 0 Å². The van der Waals surface area contributed by atoms with E-state index in [9.17, 15) is 19.2 Å². The Balaban J connectivity index is 2.35. The lowest BCUT2D eigenvalue weighted by Gasteiger charge is -2.35. The predicted octanol–water partition coefficient (Wildman–Crippen LogP) is 0.457. The van der Waals surface area contributed by atoms with Crippen molar-refractivity contribution in [3.8, 4) is 0 Å². The first-order valence-corrected chi connectivity index (χ1v) is 7.32. The Morgan fingerprint density at radius 2 is 2.09 bits per heavy atom. The first-order valence-electron chi connectivity index (χ1n) is 6.94. The second-order valence-electron chi connectivity index (χ2n) is 5.28. The zero-order valence-electron chi connectivity index (χ0n) is 12.4. The van der Waals surface area contributed by atoms with Gasteiger partial charge in [0.05, 0.1) is 7.11 Å². The van der Waals surface area contributed by atoms with Crippen molar-refractivity contribution in [1.29, 1.82) is 0 Å². The van der Waals surface area contributed by atoms with Gasteiger partial charge in [0.2, 0.25) is 5.91 Å². The molecule has 1 spiro atoms. The Labute approximate surface area is 136 Å². The molecule has 1 fully saturated rings. The Morgan fingerprint density at radius 1 is 1.39 bits per heavy atom. The van der Waals surface area contributed by atoms with Gasteiger partial charge in [-0.2, -0.15) is 0 Å². The van der Waals surface area contributed by atoms with Gasteiger partial charge in [-0.15, -0.1) is 0 Å². The van der Waals surface area contributed by atoms with Crippen molar-refractivity contribution in [2.75, 3.05) is 13.7 Å². The largest absolute Gasteiger partial charge is 0.468 e. The topological polar surface area (TPSA) is 92.8 Å². The number of amides is 3. The van der Waals surface area contributed by atoms with Crippen LogP contribution in [0.5, 0.6) is 0 Å². The number of carbonyl (C=O) groups excluding carboxylic acids is 4. The first kappa shape index (κ1) is 15.5. The zero-order chi connectivity index (χ0) is 16.9. The van der Waals surface area contributed by atoms with Crippen molar-refractivity contribution in [2.24, 2.45) is 5.92 Å². The molecule has 2 aliphatic heterocycles. The summed E-state index contributed by atoms with van der Waals surface area (Å²) in [6.07, 6.45) is 0. The van der Waals surface area contributed by atoms with Gasteiger partial charge in [-0.3, -0.25) is 24.5 Å². The molecule has 1 saturated heterocycles. The molecule has 0 aromatic heterocycles. The summed E-state index contributed by atoms with van der Waals surface area (Å²) in [5.41, 5.74) is -1.26. The molecule has 120 valence electrons. The summed E-state index contributed by atoms with van der Waals surface area (Å²) in [5, 5.41) is 2.44. The molecule has 1 N–H and O–H groups in total. The molecule has 3 amide bonds. The zero-order valence-corrected chi connectivity index (χ0v) is 13.1. The Morgan fingerprint density at radius 3 is 2.70 bits per heavy atom. The maximum Gasteiger partial charge on any atom is 0.321 e. The minimum atomic E-state index is -1.75. The summed E-state index contributed by atoms with van der Waals surface area (Å²) in [4.78, 5) is 50.9. The standard InChI is InChI=1S/C15H13ClN2O5/c1-3-18-12(20)8-5-4-7(16)6-9(8)15(18)10(13(21)23-2)11(19)17-14(15)22/h4-6,10H,3H2,1-2H3,(H,17,19,22). The highest BCUT2D eigenvalue weighted by Gasteiger charge is 2.68. The van der Waals surface area contributed by atoms with E-state index in [4.69, 9.17) is 16.3 Å². The van der Waals surface area contributed by atoms with Gasteiger partial charge in [0, 0.05) is 22.7 Å². The van der Waals surface area contributed by atoms with E-state index in [0.717, 1.165) is 7.11 Å². The van der Waals surface area contributed by atoms with Crippen LogP contribution >= 0.6 is 11.6 Å². The molecule has 23 heavy (non-hydrogen) atoms. The summed E-state index contributed by atoms with van der Waals surface area (Å²) < 4.78 is 4.69. The number of methoxy groups -OCH3 is 1. The highest BCUT2D eigenvalue weighted by molar-refractivity contribution is 6.31. The monoisotopic (exact) mass is 336 g/mol. The summed E-state index contributed by atoms with van der Waals surface area (Å²) in [7, 11) is 1.12. The number of ether oxygens (including phenoxy) is 1. The molecule has 2 aliphatic rings. The predicted molar refractivity (Wildman–Crippen MR) is 78.5 cm³/mol. The number of benzene rings is 1. The molecule has 0 saturated carbocycles. The quantitative estimate of drug-likeness (QED) is 0.481. The number of hydrogen-bond donors (Lipinski definition) is 1. The number of halogens is 1. The third kappa shape index (κ3) is 1.77. The van der Waals surface area contributed by atoms with Gasteiger partial charge >= 0.3 is 5.97 Å². The van der Waals surface area contributed by atoms with Crippen LogP contribution in [0.4, 0.5) is 0 Å². The number of nitrogens with zero attached hydrogens (tertiary/aromatic N) is 1. The first-order chi connectivity index (χ1) is 10.9. The smallest absolute Gasteiger partial charge is 0.321 e. The van der Waals surface area contributed by atoms with Gasteiger partial charge in [-0.25, -0.2) is 0 Å². The molecule has 0 radical (unpaired) electrons. The van der Waals surface area contributed by atoms with E-state index in [-0.39, 0.29) is 17.7 Å². The highest BCUT2D eigenvalue weighted by atomic mass is 35.5. The molecule has 8 heteroatoms. The molecular weight excluding hydrogens is 324 g/mol. The SMILES string of the molecule is CCN1C(=O)c2ccc(Cl)cc2C12C(=O)NC(=O)C2C(=O)OC. The summed E-state index contributed by atoms with van der Waals surface area (Å²) >= 11 is 6.01. The number of likely N-dealkylation sites (N-methyl/N-ethyl adjacent to an activating group) is 1. The van der Waals surface area contributed by atoms with Crippen molar-refractivity contribution in [2.45, 2.75) is 12.5 Å². The lowest BCUT2D eigenvalue weighted by atomic mass is 9.79. The van der Waals surface area contributed by atoms with Gasteiger partial charge in [0.1, 0.15) is 0 Å². The van der Waals surface area contributed by atoms with E-state index in [0.29, 0.717) is 5.02 Å². The minimum absolute atomic E-state index is 0.138. The van der Waals surface area contributed by atoms with E-state index in [1.807, 2.05) is 0 Å². The second-order valence-corrected chi connectivity index (χ2v) is 5.72. The fraction of sp³-hybridized carbons (Fsp3) is 0.333.